The SMILES string of the molecule is Cc1c(CCO)sc[n+]1C[C@@H]1CCCN1. The van der Waals surface area contributed by atoms with Gasteiger partial charge in [-0.1, -0.05) is 11.3 Å². The Hall–Kier alpha value is -0.450. The third-order valence-electron chi connectivity index (χ3n) is 3.07. The van der Waals surface area contributed by atoms with Crippen LogP contribution in [0.4, 0.5) is 0 Å². The van der Waals surface area contributed by atoms with Crippen LogP contribution in [0.15, 0.2) is 5.51 Å². The van der Waals surface area contributed by atoms with E-state index < -0.39 is 0 Å². The number of aromatic nitrogens is 1. The molecule has 0 bridgehead atoms. The van der Waals surface area contributed by atoms with Crippen molar-refractivity contribution in [2.75, 3.05) is 13.2 Å². The summed E-state index contributed by atoms with van der Waals surface area (Å²) in [6.45, 7) is 4.64. The second-order valence-electron chi connectivity index (χ2n) is 4.15. The maximum Gasteiger partial charge on any atom is 0.225 e. The van der Waals surface area contributed by atoms with Gasteiger partial charge in [-0.3, -0.25) is 0 Å². The van der Waals surface area contributed by atoms with Crippen molar-refractivity contribution < 1.29 is 9.67 Å². The Morgan fingerprint density at radius 3 is 3.20 bits per heavy atom. The molecule has 1 saturated heterocycles. The minimum atomic E-state index is 0.253. The number of nitrogens with one attached hydrogen (secondary N) is 1. The first kappa shape index (κ1) is 11.0. The number of thiazole rings is 1. The van der Waals surface area contributed by atoms with E-state index in [1.807, 2.05) is 0 Å². The molecule has 0 spiro atoms. The van der Waals surface area contributed by atoms with E-state index in [1.54, 1.807) is 11.3 Å². The highest BCUT2D eigenvalue weighted by molar-refractivity contribution is 7.09. The number of hydrogen-bond acceptors (Lipinski definition) is 3. The zero-order valence-corrected chi connectivity index (χ0v) is 10.0. The lowest BCUT2D eigenvalue weighted by Crippen LogP contribution is -2.44. The highest BCUT2D eigenvalue weighted by Crippen LogP contribution is 2.12. The Bertz CT molecular complexity index is 318. The first-order valence-electron chi connectivity index (χ1n) is 5.62. The molecule has 0 amide bonds. The van der Waals surface area contributed by atoms with Gasteiger partial charge in [-0.05, 0) is 19.4 Å². The monoisotopic (exact) mass is 227 g/mol. The lowest BCUT2D eigenvalue weighted by molar-refractivity contribution is -0.700. The Morgan fingerprint density at radius 2 is 2.53 bits per heavy atom. The fraction of sp³-hybridized carbons (Fsp3) is 0.727. The van der Waals surface area contributed by atoms with E-state index in [9.17, 15) is 0 Å². The Morgan fingerprint density at radius 1 is 1.67 bits per heavy atom. The maximum absolute atomic E-state index is 8.92. The largest absolute Gasteiger partial charge is 0.396 e. The number of nitrogens with zero attached hydrogens (tertiary/aromatic N) is 1. The van der Waals surface area contributed by atoms with Gasteiger partial charge in [0.05, 0.1) is 10.9 Å². The van der Waals surface area contributed by atoms with Crippen LogP contribution >= 0.6 is 11.3 Å². The predicted molar refractivity (Wildman–Crippen MR) is 61.1 cm³/mol. The van der Waals surface area contributed by atoms with Gasteiger partial charge in [-0.2, -0.15) is 4.57 Å². The van der Waals surface area contributed by atoms with E-state index >= 15 is 0 Å². The van der Waals surface area contributed by atoms with E-state index in [4.69, 9.17) is 5.11 Å². The van der Waals surface area contributed by atoms with Crippen molar-refractivity contribution in [3.63, 3.8) is 0 Å². The number of hydrogen-bond donors (Lipinski definition) is 2. The minimum Gasteiger partial charge on any atom is -0.396 e. The molecule has 0 aliphatic carbocycles. The molecule has 0 radical (unpaired) electrons. The number of rotatable bonds is 4. The third-order valence-corrected chi connectivity index (χ3v) is 4.22. The molecule has 3 nitrogen and oxygen atoms in total. The van der Waals surface area contributed by atoms with E-state index in [0.29, 0.717) is 6.04 Å². The lowest BCUT2D eigenvalue weighted by atomic mass is 10.2. The van der Waals surface area contributed by atoms with E-state index in [-0.39, 0.29) is 6.61 Å². The molecule has 2 rings (SSSR count). The van der Waals surface area contributed by atoms with Crippen molar-refractivity contribution in [3.05, 3.63) is 16.1 Å². The highest BCUT2D eigenvalue weighted by Gasteiger charge is 2.22. The van der Waals surface area contributed by atoms with Crippen LogP contribution < -0.4 is 9.88 Å². The topological polar surface area (TPSA) is 36.1 Å². The van der Waals surface area contributed by atoms with Crippen molar-refractivity contribution in [3.8, 4) is 0 Å². The molecule has 1 aliphatic heterocycles. The summed E-state index contributed by atoms with van der Waals surface area (Å²) in [4.78, 5) is 1.32. The second-order valence-corrected chi connectivity index (χ2v) is 5.09. The zero-order chi connectivity index (χ0) is 10.7. The molecule has 84 valence electrons. The van der Waals surface area contributed by atoms with Crippen LogP contribution in [0.25, 0.3) is 0 Å². The molecule has 1 atom stereocenters. The molecule has 0 unspecified atom stereocenters. The Kier molecular flexibility index (Phi) is 3.72. The molecule has 1 aromatic heterocycles. The van der Waals surface area contributed by atoms with E-state index in [2.05, 4.69) is 22.3 Å². The van der Waals surface area contributed by atoms with Gasteiger partial charge in [-0.15, -0.1) is 0 Å². The number of aliphatic hydroxyl groups is 1. The van der Waals surface area contributed by atoms with Crippen molar-refractivity contribution >= 4 is 11.3 Å². The quantitative estimate of drug-likeness (QED) is 0.740. The van der Waals surface area contributed by atoms with E-state index in [0.717, 1.165) is 19.5 Å². The van der Waals surface area contributed by atoms with Crippen LogP contribution in [-0.2, 0) is 13.0 Å². The molecule has 2 heterocycles. The van der Waals surface area contributed by atoms with Crippen LogP contribution in [0, 0.1) is 6.92 Å². The van der Waals surface area contributed by atoms with Crippen molar-refractivity contribution in [1.82, 2.24) is 5.32 Å². The zero-order valence-electron chi connectivity index (χ0n) is 9.20. The fourth-order valence-electron chi connectivity index (χ4n) is 2.12. The summed E-state index contributed by atoms with van der Waals surface area (Å²) < 4.78 is 2.32. The maximum atomic E-state index is 8.92. The van der Waals surface area contributed by atoms with Gasteiger partial charge in [0, 0.05) is 20.0 Å². The summed E-state index contributed by atoms with van der Waals surface area (Å²) in [5, 5.41) is 12.4. The van der Waals surface area contributed by atoms with Crippen LogP contribution in [0.5, 0.6) is 0 Å². The molecule has 0 aromatic carbocycles. The van der Waals surface area contributed by atoms with E-state index in [1.165, 1.54) is 23.4 Å². The summed E-state index contributed by atoms with van der Waals surface area (Å²) in [5.41, 5.74) is 3.50. The van der Waals surface area contributed by atoms with Gasteiger partial charge < -0.3 is 10.4 Å². The molecule has 1 fully saturated rings. The minimum absolute atomic E-state index is 0.253. The lowest BCUT2D eigenvalue weighted by Gasteiger charge is -2.04. The van der Waals surface area contributed by atoms with Crippen molar-refractivity contribution in [2.45, 2.75) is 38.8 Å². The fourth-order valence-corrected chi connectivity index (χ4v) is 3.12. The molecule has 2 N–H and O–H groups in total. The van der Waals surface area contributed by atoms with Gasteiger partial charge in [0.2, 0.25) is 5.51 Å². The molecule has 1 aromatic rings. The molecule has 15 heavy (non-hydrogen) atoms. The summed E-state index contributed by atoms with van der Waals surface area (Å²) in [6.07, 6.45) is 3.39. The van der Waals surface area contributed by atoms with Crippen molar-refractivity contribution in [1.29, 1.82) is 0 Å². The van der Waals surface area contributed by atoms with Gasteiger partial charge in [-0.25, -0.2) is 0 Å². The highest BCUT2D eigenvalue weighted by atomic mass is 32.1. The summed E-state index contributed by atoms with van der Waals surface area (Å²) in [6, 6.07) is 0.644. The summed E-state index contributed by atoms with van der Waals surface area (Å²) >= 11 is 1.76. The summed E-state index contributed by atoms with van der Waals surface area (Å²) in [5.74, 6) is 0. The normalized spacial score (nSPS) is 21.1. The smallest absolute Gasteiger partial charge is 0.225 e. The Labute approximate surface area is 94.8 Å². The van der Waals surface area contributed by atoms with Crippen molar-refractivity contribution in [2.24, 2.45) is 0 Å². The van der Waals surface area contributed by atoms with Gasteiger partial charge >= 0.3 is 0 Å². The predicted octanol–water partition coefficient (Wildman–Crippen LogP) is 0.631. The standard InChI is InChI=1S/C11H19N2OS/c1-9-11(4-6-14)15-8-13(9)7-10-3-2-5-12-10/h8,10,12,14H,2-7H2,1H3/q+1/t10-/m0/s1. The molecular weight excluding hydrogens is 208 g/mol. The molecule has 1 aliphatic rings. The molecule has 4 heteroatoms. The first-order valence-corrected chi connectivity index (χ1v) is 6.50. The molecular formula is C11H19N2OS+. The average molecular weight is 227 g/mol. The number of aliphatic hydroxyl groups excluding tert-OH is 1. The van der Waals surface area contributed by atoms with Crippen LogP contribution in [0.1, 0.15) is 23.4 Å². The van der Waals surface area contributed by atoms with Gasteiger partial charge in [0.25, 0.3) is 0 Å². The summed E-state index contributed by atoms with van der Waals surface area (Å²) in [7, 11) is 0. The Balaban J connectivity index is 2.01. The third kappa shape index (κ3) is 2.56. The first-order chi connectivity index (χ1) is 7.31. The second kappa shape index (κ2) is 5.05. The molecule has 0 saturated carbocycles. The van der Waals surface area contributed by atoms with Crippen LogP contribution in [0.3, 0.4) is 0 Å². The van der Waals surface area contributed by atoms with Crippen LogP contribution in [0.2, 0.25) is 0 Å². The average Bonchev–Trinajstić information content (AvgIpc) is 2.83. The van der Waals surface area contributed by atoms with Gasteiger partial charge in [0.15, 0.2) is 12.2 Å². The van der Waals surface area contributed by atoms with Gasteiger partial charge in [0.1, 0.15) is 0 Å². The van der Waals surface area contributed by atoms with Crippen LogP contribution in [-0.4, -0.2) is 24.3 Å².